The van der Waals surface area contributed by atoms with Gasteiger partial charge in [-0.2, -0.15) is 0 Å². The number of nitrogens with one attached hydrogen (secondary N) is 2. The van der Waals surface area contributed by atoms with Crippen molar-refractivity contribution in [3.8, 4) is 5.75 Å². The van der Waals surface area contributed by atoms with Crippen LogP contribution in [0.3, 0.4) is 0 Å². The third-order valence-electron chi connectivity index (χ3n) is 3.35. The average molecular weight is 370 g/mol. The van der Waals surface area contributed by atoms with Crippen molar-refractivity contribution in [1.82, 2.24) is 5.32 Å². The molecule has 0 aliphatic carbocycles. The molecule has 7 nitrogen and oxygen atoms in total. The molecule has 0 fully saturated rings. The first-order valence-electron chi connectivity index (χ1n) is 8.33. The van der Waals surface area contributed by atoms with Crippen LogP contribution in [0, 0.1) is 0 Å². The minimum Gasteiger partial charge on any atom is -0.482 e. The van der Waals surface area contributed by atoms with Gasteiger partial charge in [-0.25, -0.2) is 4.79 Å². The maximum atomic E-state index is 12.3. The van der Waals surface area contributed by atoms with E-state index in [1.807, 2.05) is 20.8 Å². The van der Waals surface area contributed by atoms with Gasteiger partial charge in [0.2, 0.25) is 0 Å². The van der Waals surface area contributed by atoms with Crippen LogP contribution >= 0.6 is 0 Å². The van der Waals surface area contributed by atoms with Gasteiger partial charge in [0, 0.05) is 22.4 Å². The van der Waals surface area contributed by atoms with E-state index < -0.39 is 12.6 Å². The zero-order valence-electron chi connectivity index (χ0n) is 15.4. The fourth-order valence-corrected chi connectivity index (χ4v) is 2.19. The molecule has 2 aromatic carbocycles. The third-order valence-corrected chi connectivity index (χ3v) is 3.35. The smallest absolute Gasteiger partial charge is 0.341 e. The molecule has 0 radical (unpaired) electrons. The van der Waals surface area contributed by atoms with Crippen LogP contribution in [0.25, 0.3) is 0 Å². The van der Waals surface area contributed by atoms with Crippen LogP contribution in [-0.4, -0.2) is 35.0 Å². The van der Waals surface area contributed by atoms with Gasteiger partial charge in [-0.05, 0) is 63.2 Å². The van der Waals surface area contributed by atoms with Crippen LogP contribution in [0.1, 0.15) is 41.5 Å². The highest BCUT2D eigenvalue weighted by Crippen LogP contribution is 2.16. The Kier molecular flexibility index (Phi) is 6.18. The van der Waals surface area contributed by atoms with Gasteiger partial charge >= 0.3 is 5.97 Å². The second-order valence-electron chi connectivity index (χ2n) is 6.95. The van der Waals surface area contributed by atoms with Crippen molar-refractivity contribution in [1.29, 1.82) is 0 Å². The number of carboxylic acids is 1. The lowest BCUT2D eigenvalue weighted by atomic mass is 10.1. The second-order valence-corrected chi connectivity index (χ2v) is 6.95. The number of hydrogen-bond acceptors (Lipinski definition) is 4. The van der Waals surface area contributed by atoms with Crippen LogP contribution in [0.5, 0.6) is 5.75 Å². The molecule has 0 bridgehead atoms. The Hall–Kier alpha value is -3.35. The van der Waals surface area contributed by atoms with Gasteiger partial charge in [0.25, 0.3) is 11.8 Å². The van der Waals surface area contributed by atoms with E-state index in [0.29, 0.717) is 22.6 Å². The van der Waals surface area contributed by atoms with Crippen molar-refractivity contribution in [3.63, 3.8) is 0 Å². The number of amides is 2. The Morgan fingerprint density at radius 3 is 2.22 bits per heavy atom. The van der Waals surface area contributed by atoms with Crippen molar-refractivity contribution in [3.05, 3.63) is 59.7 Å². The molecule has 0 saturated carbocycles. The predicted octanol–water partition coefficient (Wildman–Crippen LogP) is 2.93. The summed E-state index contributed by atoms with van der Waals surface area (Å²) in [6.45, 7) is 5.21. The van der Waals surface area contributed by atoms with Gasteiger partial charge in [0.1, 0.15) is 5.75 Å². The summed E-state index contributed by atoms with van der Waals surface area (Å²) in [5.41, 5.74) is 1.01. The Bertz CT molecular complexity index is 838. The predicted molar refractivity (Wildman–Crippen MR) is 101 cm³/mol. The lowest BCUT2D eigenvalue weighted by Gasteiger charge is -2.20. The summed E-state index contributed by atoms with van der Waals surface area (Å²) in [5, 5.41) is 14.2. The molecule has 0 aliphatic rings. The summed E-state index contributed by atoms with van der Waals surface area (Å²) < 4.78 is 5.07. The quantitative estimate of drug-likeness (QED) is 0.725. The Labute approximate surface area is 157 Å². The molecule has 7 heteroatoms. The summed E-state index contributed by atoms with van der Waals surface area (Å²) >= 11 is 0. The molecule has 0 unspecified atom stereocenters. The molecule has 0 spiro atoms. The van der Waals surface area contributed by atoms with Crippen LogP contribution in [-0.2, 0) is 4.79 Å². The molecule has 2 rings (SSSR count). The minimum atomic E-state index is -1.10. The van der Waals surface area contributed by atoms with Crippen LogP contribution in [0.4, 0.5) is 5.69 Å². The summed E-state index contributed by atoms with van der Waals surface area (Å²) in [4.78, 5) is 35.0. The zero-order valence-corrected chi connectivity index (χ0v) is 15.4. The van der Waals surface area contributed by atoms with Crippen molar-refractivity contribution in [2.45, 2.75) is 26.3 Å². The fraction of sp³-hybridized carbons (Fsp3) is 0.250. The topological polar surface area (TPSA) is 105 Å². The number of ether oxygens (including phenoxy) is 1. The Balaban J connectivity index is 2.02. The molecular formula is C20H22N2O5. The van der Waals surface area contributed by atoms with Gasteiger partial charge in [-0.1, -0.05) is 6.07 Å². The van der Waals surface area contributed by atoms with E-state index in [4.69, 9.17) is 9.84 Å². The van der Waals surface area contributed by atoms with Crippen LogP contribution < -0.4 is 15.4 Å². The van der Waals surface area contributed by atoms with Crippen LogP contribution in [0.15, 0.2) is 48.5 Å². The van der Waals surface area contributed by atoms with Gasteiger partial charge in [-0.15, -0.1) is 0 Å². The van der Waals surface area contributed by atoms with E-state index in [1.54, 1.807) is 42.5 Å². The Morgan fingerprint density at radius 2 is 1.63 bits per heavy atom. The third kappa shape index (κ3) is 6.47. The molecule has 3 N–H and O–H groups in total. The van der Waals surface area contributed by atoms with E-state index in [2.05, 4.69) is 10.6 Å². The lowest BCUT2D eigenvalue weighted by Crippen LogP contribution is -2.40. The molecule has 0 aliphatic heterocycles. The molecule has 0 atom stereocenters. The molecule has 0 aromatic heterocycles. The monoisotopic (exact) mass is 370 g/mol. The second kappa shape index (κ2) is 8.35. The van der Waals surface area contributed by atoms with Crippen LogP contribution in [0.2, 0.25) is 0 Å². The van der Waals surface area contributed by atoms with E-state index in [-0.39, 0.29) is 17.4 Å². The molecule has 142 valence electrons. The first kappa shape index (κ1) is 20.0. The number of carboxylic acid groups (broad SMARTS) is 1. The van der Waals surface area contributed by atoms with E-state index in [9.17, 15) is 14.4 Å². The van der Waals surface area contributed by atoms with Crippen molar-refractivity contribution < 1.29 is 24.2 Å². The summed E-state index contributed by atoms with van der Waals surface area (Å²) in [6, 6.07) is 12.8. The normalized spacial score (nSPS) is 10.8. The summed E-state index contributed by atoms with van der Waals surface area (Å²) in [7, 11) is 0. The average Bonchev–Trinajstić information content (AvgIpc) is 2.59. The maximum Gasteiger partial charge on any atom is 0.341 e. The van der Waals surface area contributed by atoms with Gasteiger partial charge in [0.05, 0.1) is 0 Å². The van der Waals surface area contributed by atoms with E-state index in [0.717, 1.165) is 0 Å². The Morgan fingerprint density at radius 1 is 0.963 bits per heavy atom. The van der Waals surface area contributed by atoms with Crippen molar-refractivity contribution in [2.24, 2.45) is 0 Å². The molecule has 27 heavy (non-hydrogen) atoms. The molecule has 0 saturated heterocycles. The highest BCUT2D eigenvalue weighted by Gasteiger charge is 2.15. The first-order chi connectivity index (χ1) is 12.6. The molecule has 2 aromatic rings. The highest BCUT2D eigenvalue weighted by atomic mass is 16.5. The molecular weight excluding hydrogens is 348 g/mol. The number of aliphatic carboxylic acids is 1. The number of hydrogen-bond donors (Lipinski definition) is 3. The van der Waals surface area contributed by atoms with Gasteiger partial charge in [-0.3, -0.25) is 9.59 Å². The lowest BCUT2D eigenvalue weighted by molar-refractivity contribution is -0.139. The fourth-order valence-electron chi connectivity index (χ4n) is 2.19. The maximum absolute atomic E-state index is 12.3. The number of carbonyl (C=O) groups is 3. The van der Waals surface area contributed by atoms with E-state index in [1.165, 1.54) is 6.07 Å². The summed E-state index contributed by atoms with van der Waals surface area (Å²) in [5.74, 6) is -1.37. The zero-order chi connectivity index (χ0) is 20.0. The van der Waals surface area contributed by atoms with Gasteiger partial charge in [0.15, 0.2) is 6.61 Å². The largest absolute Gasteiger partial charge is 0.482 e. The van der Waals surface area contributed by atoms with E-state index >= 15 is 0 Å². The molecule has 2 amide bonds. The SMILES string of the molecule is CC(C)(C)NC(=O)c1ccc(NC(=O)c2cccc(OCC(=O)O)c2)cc1. The number of benzene rings is 2. The minimum absolute atomic E-state index is 0.191. The molecule has 0 heterocycles. The van der Waals surface area contributed by atoms with Crippen molar-refractivity contribution in [2.75, 3.05) is 11.9 Å². The highest BCUT2D eigenvalue weighted by molar-refractivity contribution is 6.04. The number of anilines is 1. The standard InChI is InChI=1S/C20H22N2O5/c1-20(2,3)22-19(26)13-7-9-15(10-8-13)21-18(25)14-5-4-6-16(11-14)27-12-17(23)24/h4-11H,12H2,1-3H3,(H,21,25)(H,22,26)(H,23,24). The van der Waals surface area contributed by atoms with Crippen molar-refractivity contribution >= 4 is 23.5 Å². The number of rotatable bonds is 6. The summed E-state index contributed by atoms with van der Waals surface area (Å²) in [6.07, 6.45) is 0. The number of carbonyl (C=O) groups excluding carboxylic acids is 2. The first-order valence-corrected chi connectivity index (χ1v) is 8.33. The van der Waals surface area contributed by atoms with Gasteiger partial charge < -0.3 is 20.5 Å².